The zero-order valence-electron chi connectivity index (χ0n) is 14.4. The normalized spacial score (nSPS) is 19.4. The van der Waals surface area contributed by atoms with Crippen LogP contribution in [0.2, 0.25) is 0 Å². The van der Waals surface area contributed by atoms with Crippen molar-refractivity contribution < 1.29 is 9.59 Å². The van der Waals surface area contributed by atoms with Gasteiger partial charge < -0.3 is 10.2 Å². The highest BCUT2D eigenvalue weighted by molar-refractivity contribution is 7.13. The first-order chi connectivity index (χ1) is 11.6. The molecule has 0 spiro atoms. The summed E-state index contributed by atoms with van der Waals surface area (Å²) >= 11 is 1.43. The van der Waals surface area contributed by atoms with Crippen LogP contribution >= 0.6 is 11.3 Å². The molecule has 6 heteroatoms. The lowest BCUT2D eigenvalue weighted by atomic mass is 9.93. The molecule has 2 amide bonds. The van der Waals surface area contributed by atoms with Crippen LogP contribution in [0.1, 0.15) is 63.5 Å². The predicted molar refractivity (Wildman–Crippen MR) is 96.0 cm³/mol. The summed E-state index contributed by atoms with van der Waals surface area (Å²) in [4.78, 5) is 31.6. The molecular weight excluding hydrogens is 322 g/mol. The second-order valence-electron chi connectivity index (χ2n) is 7.08. The summed E-state index contributed by atoms with van der Waals surface area (Å²) in [6.07, 6.45) is 9.86. The number of amides is 2. The van der Waals surface area contributed by atoms with Gasteiger partial charge in [-0.1, -0.05) is 32.1 Å². The fraction of sp³-hybridized carbons (Fsp3) is 0.722. The zero-order chi connectivity index (χ0) is 16.9. The average Bonchev–Trinajstić information content (AvgIpc) is 3.25. The second-order valence-corrected chi connectivity index (χ2v) is 7.94. The second kappa shape index (κ2) is 8.10. The molecule has 1 N–H and O–H groups in total. The van der Waals surface area contributed by atoms with E-state index in [0.717, 1.165) is 57.1 Å². The summed E-state index contributed by atoms with van der Waals surface area (Å²) in [6, 6.07) is 0.232. The number of aromatic nitrogens is 1. The third-order valence-corrected chi connectivity index (χ3v) is 6.06. The number of nitrogens with one attached hydrogen (secondary N) is 1. The third kappa shape index (κ3) is 4.35. The Labute approximate surface area is 147 Å². The molecule has 0 unspecified atom stereocenters. The van der Waals surface area contributed by atoms with Gasteiger partial charge in [-0.05, 0) is 32.6 Å². The monoisotopic (exact) mass is 349 g/mol. The maximum absolute atomic E-state index is 13.0. The van der Waals surface area contributed by atoms with Gasteiger partial charge in [0.2, 0.25) is 11.8 Å². The van der Waals surface area contributed by atoms with Gasteiger partial charge in [-0.3, -0.25) is 9.59 Å². The van der Waals surface area contributed by atoms with Crippen molar-refractivity contribution in [3.63, 3.8) is 0 Å². The number of rotatable bonds is 5. The van der Waals surface area contributed by atoms with Crippen LogP contribution in [0.3, 0.4) is 0 Å². The molecule has 2 aliphatic carbocycles. The van der Waals surface area contributed by atoms with Gasteiger partial charge in [0.1, 0.15) is 6.54 Å². The smallest absolute Gasteiger partial charge is 0.245 e. The molecule has 1 aromatic heterocycles. The molecule has 2 saturated carbocycles. The summed E-state index contributed by atoms with van der Waals surface area (Å²) < 4.78 is 0. The Kier molecular flexibility index (Phi) is 5.87. The maximum Gasteiger partial charge on any atom is 0.245 e. The van der Waals surface area contributed by atoms with Crippen LogP contribution in [0.5, 0.6) is 0 Å². The highest BCUT2D eigenvalue weighted by atomic mass is 32.1. The molecule has 3 rings (SSSR count). The molecule has 2 fully saturated rings. The Morgan fingerprint density at radius 3 is 2.46 bits per heavy atom. The summed E-state index contributed by atoms with van der Waals surface area (Å²) in [5, 5.41) is 5.39. The van der Waals surface area contributed by atoms with E-state index >= 15 is 0 Å². The van der Waals surface area contributed by atoms with E-state index in [-0.39, 0.29) is 30.3 Å². The largest absolute Gasteiger partial charge is 0.330 e. The van der Waals surface area contributed by atoms with Crippen molar-refractivity contribution in [3.8, 4) is 0 Å². The number of carbonyl (C=O) groups is 2. The van der Waals surface area contributed by atoms with Gasteiger partial charge in [0.15, 0.2) is 5.13 Å². The Hall–Kier alpha value is -1.43. The Morgan fingerprint density at radius 2 is 1.83 bits per heavy atom. The summed E-state index contributed by atoms with van der Waals surface area (Å²) in [5.74, 6) is 0.202. The highest BCUT2D eigenvalue weighted by Crippen LogP contribution is 2.30. The Balaban J connectivity index is 1.66. The maximum atomic E-state index is 13.0. The standard InChI is InChI=1S/C18H27N3O2S/c1-13-12-24-18(19-13)20-16(22)11-21(15-9-3-2-4-10-15)17(23)14-7-5-6-8-14/h12,14-15H,2-11H2,1H3,(H,19,20,22). The average molecular weight is 350 g/mol. The van der Waals surface area contributed by atoms with E-state index in [1.54, 1.807) is 0 Å². The van der Waals surface area contributed by atoms with Crippen LogP contribution in [0.4, 0.5) is 5.13 Å². The summed E-state index contributed by atoms with van der Waals surface area (Å²) in [6.45, 7) is 2.07. The van der Waals surface area contributed by atoms with Crippen LogP contribution in [0.15, 0.2) is 5.38 Å². The molecule has 0 saturated heterocycles. The van der Waals surface area contributed by atoms with Crippen molar-refractivity contribution in [2.24, 2.45) is 5.92 Å². The van der Waals surface area contributed by atoms with E-state index in [1.165, 1.54) is 17.8 Å². The predicted octanol–water partition coefficient (Wildman–Crippen LogP) is 3.74. The molecule has 0 radical (unpaired) electrons. The fourth-order valence-corrected chi connectivity index (χ4v) is 4.62. The lowest BCUT2D eigenvalue weighted by Crippen LogP contribution is -2.47. The van der Waals surface area contributed by atoms with Gasteiger partial charge in [0, 0.05) is 17.3 Å². The first-order valence-electron chi connectivity index (χ1n) is 9.16. The number of nitrogens with zero attached hydrogens (tertiary/aromatic N) is 2. The van der Waals surface area contributed by atoms with E-state index in [9.17, 15) is 9.59 Å². The van der Waals surface area contributed by atoms with E-state index < -0.39 is 0 Å². The van der Waals surface area contributed by atoms with Crippen molar-refractivity contribution in [2.75, 3.05) is 11.9 Å². The molecule has 0 bridgehead atoms. The van der Waals surface area contributed by atoms with Crippen LogP contribution < -0.4 is 5.32 Å². The molecule has 0 aromatic carbocycles. The number of thiazole rings is 1. The van der Waals surface area contributed by atoms with Crippen molar-refractivity contribution in [1.29, 1.82) is 0 Å². The van der Waals surface area contributed by atoms with Gasteiger partial charge in [-0.2, -0.15) is 0 Å². The first kappa shape index (κ1) is 17.4. The minimum Gasteiger partial charge on any atom is -0.330 e. The lowest BCUT2D eigenvalue weighted by Gasteiger charge is -2.35. The minimum atomic E-state index is -0.124. The highest BCUT2D eigenvalue weighted by Gasteiger charge is 2.33. The van der Waals surface area contributed by atoms with Gasteiger partial charge >= 0.3 is 0 Å². The molecule has 5 nitrogen and oxygen atoms in total. The molecule has 1 aromatic rings. The molecule has 1 heterocycles. The van der Waals surface area contributed by atoms with E-state index in [0.29, 0.717) is 5.13 Å². The van der Waals surface area contributed by atoms with Crippen LogP contribution in [0.25, 0.3) is 0 Å². The zero-order valence-corrected chi connectivity index (χ0v) is 15.2. The van der Waals surface area contributed by atoms with Crippen molar-refractivity contribution >= 4 is 28.3 Å². The molecular formula is C18H27N3O2S. The van der Waals surface area contributed by atoms with Gasteiger partial charge in [0.25, 0.3) is 0 Å². The Morgan fingerprint density at radius 1 is 1.17 bits per heavy atom. The van der Waals surface area contributed by atoms with E-state index in [2.05, 4.69) is 10.3 Å². The number of anilines is 1. The molecule has 0 aliphatic heterocycles. The molecule has 0 atom stereocenters. The number of hydrogen-bond acceptors (Lipinski definition) is 4. The summed E-state index contributed by atoms with van der Waals surface area (Å²) in [5.41, 5.74) is 0.904. The van der Waals surface area contributed by atoms with Crippen molar-refractivity contribution in [2.45, 2.75) is 70.8 Å². The van der Waals surface area contributed by atoms with Gasteiger partial charge in [-0.15, -0.1) is 11.3 Å². The van der Waals surface area contributed by atoms with E-state index in [4.69, 9.17) is 0 Å². The minimum absolute atomic E-state index is 0.124. The number of hydrogen-bond donors (Lipinski definition) is 1. The number of carbonyl (C=O) groups excluding carboxylic acids is 2. The van der Waals surface area contributed by atoms with Crippen LogP contribution in [0, 0.1) is 12.8 Å². The fourth-order valence-electron chi connectivity index (χ4n) is 3.91. The number of aryl methyl sites for hydroxylation is 1. The van der Waals surface area contributed by atoms with Crippen molar-refractivity contribution in [3.05, 3.63) is 11.1 Å². The topological polar surface area (TPSA) is 62.3 Å². The molecule has 24 heavy (non-hydrogen) atoms. The molecule has 132 valence electrons. The van der Waals surface area contributed by atoms with Gasteiger partial charge in [-0.25, -0.2) is 4.98 Å². The quantitative estimate of drug-likeness (QED) is 0.881. The van der Waals surface area contributed by atoms with E-state index in [1.807, 2.05) is 17.2 Å². The first-order valence-corrected chi connectivity index (χ1v) is 10.0. The third-order valence-electron chi connectivity index (χ3n) is 5.18. The molecule has 2 aliphatic rings. The van der Waals surface area contributed by atoms with Crippen molar-refractivity contribution in [1.82, 2.24) is 9.88 Å². The SMILES string of the molecule is Cc1csc(NC(=O)CN(C(=O)C2CCCC2)C2CCCCC2)n1. The van der Waals surface area contributed by atoms with Gasteiger partial charge in [0.05, 0.1) is 5.69 Å². The lowest BCUT2D eigenvalue weighted by molar-refractivity contribution is -0.141. The van der Waals surface area contributed by atoms with Crippen LogP contribution in [-0.2, 0) is 9.59 Å². The van der Waals surface area contributed by atoms with Crippen LogP contribution in [-0.4, -0.2) is 34.3 Å². The summed E-state index contributed by atoms with van der Waals surface area (Å²) in [7, 11) is 0. The Bertz CT molecular complexity index is 575.